The fourth-order valence-electron chi connectivity index (χ4n) is 6.44. The van der Waals surface area contributed by atoms with Gasteiger partial charge in [-0.3, -0.25) is 4.79 Å². The molecule has 6 nitrogen and oxygen atoms in total. The molecule has 27 heavy (non-hydrogen) atoms. The van der Waals surface area contributed by atoms with Gasteiger partial charge in [-0.15, -0.1) is 0 Å². The van der Waals surface area contributed by atoms with E-state index in [-0.39, 0.29) is 48.8 Å². The Kier molecular flexibility index (Phi) is 5.75. The first-order valence-corrected chi connectivity index (χ1v) is 10.1. The van der Waals surface area contributed by atoms with Crippen molar-refractivity contribution in [2.75, 3.05) is 13.7 Å². The lowest BCUT2D eigenvalue weighted by molar-refractivity contribution is -0.179. The van der Waals surface area contributed by atoms with Crippen molar-refractivity contribution in [3.05, 3.63) is 11.1 Å². The maximum absolute atomic E-state index is 12.2. The van der Waals surface area contributed by atoms with Crippen molar-refractivity contribution >= 4 is 5.97 Å². The van der Waals surface area contributed by atoms with Crippen LogP contribution in [-0.2, 0) is 14.3 Å². The Morgan fingerprint density at radius 2 is 2.11 bits per heavy atom. The Morgan fingerprint density at radius 3 is 2.67 bits per heavy atom. The summed E-state index contributed by atoms with van der Waals surface area (Å²) < 4.78 is 11.3. The molecule has 3 rings (SSSR count). The van der Waals surface area contributed by atoms with Gasteiger partial charge in [0.15, 0.2) is 0 Å². The van der Waals surface area contributed by atoms with E-state index < -0.39 is 23.7 Å². The van der Waals surface area contributed by atoms with Crippen molar-refractivity contribution in [3.63, 3.8) is 0 Å². The molecule has 0 amide bonds. The molecule has 2 fully saturated rings. The van der Waals surface area contributed by atoms with E-state index in [4.69, 9.17) is 9.47 Å². The summed E-state index contributed by atoms with van der Waals surface area (Å²) in [4.78, 5) is 12.2. The van der Waals surface area contributed by atoms with Crippen LogP contribution in [0.2, 0.25) is 0 Å². The number of hydrogen-bond acceptors (Lipinski definition) is 6. The largest absolute Gasteiger partial charge is 0.469 e. The number of hydrogen-bond donors (Lipinski definition) is 3. The number of rotatable bonds is 5. The standard InChI is InChI=1S/C21H34O6/c1-10-13(6-7-22)8-15-18(10)21(4)14(9-16(24)26-5)11(2)17(12(3)23)19(25)20(21)27-15/h11-15,17,19-20,22-23,25H,6-9H2,1-5H3/t11-,12?,13+,14+,15+,17?,19+,20+,21+/m0/s1. The Morgan fingerprint density at radius 1 is 1.44 bits per heavy atom. The van der Waals surface area contributed by atoms with Gasteiger partial charge < -0.3 is 24.8 Å². The molecule has 0 spiro atoms. The first-order valence-electron chi connectivity index (χ1n) is 10.1. The highest BCUT2D eigenvalue weighted by Gasteiger charge is 2.65. The van der Waals surface area contributed by atoms with Crippen LogP contribution in [0, 0.1) is 29.1 Å². The van der Waals surface area contributed by atoms with E-state index in [9.17, 15) is 20.1 Å². The van der Waals surface area contributed by atoms with Crippen molar-refractivity contribution in [2.24, 2.45) is 29.1 Å². The van der Waals surface area contributed by atoms with E-state index >= 15 is 0 Å². The highest BCUT2D eigenvalue weighted by Crippen LogP contribution is 2.63. The van der Waals surface area contributed by atoms with Crippen LogP contribution < -0.4 is 0 Å². The lowest BCUT2D eigenvalue weighted by atomic mass is 9.53. The quantitative estimate of drug-likeness (QED) is 0.494. The Labute approximate surface area is 161 Å². The van der Waals surface area contributed by atoms with E-state index in [0.717, 1.165) is 6.42 Å². The van der Waals surface area contributed by atoms with Crippen molar-refractivity contribution in [3.8, 4) is 0 Å². The molecule has 6 heteroatoms. The average Bonchev–Trinajstić information content (AvgIpc) is 3.07. The fourth-order valence-corrected chi connectivity index (χ4v) is 6.44. The van der Waals surface area contributed by atoms with E-state index in [1.54, 1.807) is 6.92 Å². The van der Waals surface area contributed by atoms with Crippen molar-refractivity contribution in [2.45, 2.75) is 71.4 Å². The third-order valence-corrected chi connectivity index (χ3v) is 7.71. The minimum Gasteiger partial charge on any atom is -0.469 e. The smallest absolute Gasteiger partial charge is 0.305 e. The summed E-state index contributed by atoms with van der Waals surface area (Å²) in [5, 5.41) is 30.8. The zero-order valence-corrected chi connectivity index (χ0v) is 17.0. The molecular weight excluding hydrogens is 348 g/mol. The zero-order valence-electron chi connectivity index (χ0n) is 17.0. The number of carbonyl (C=O) groups excluding carboxylic acids is 1. The van der Waals surface area contributed by atoms with E-state index in [0.29, 0.717) is 6.42 Å². The maximum Gasteiger partial charge on any atom is 0.305 e. The van der Waals surface area contributed by atoms with E-state index in [1.807, 2.05) is 6.92 Å². The maximum atomic E-state index is 12.2. The van der Waals surface area contributed by atoms with Gasteiger partial charge in [0, 0.05) is 24.4 Å². The van der Waals surface area contributed by atoms with Crippen LogP contribution in [0.25, 0.3) is 0 Å². The molecule has 1 heterocycles. The van der Waals surface area contributed by atoms with Crippen LogP contribution in [0.4, 0.5) is 0 Å². The third-order valence-electron chi connectivity index (χ3n) is 7.71. The zero-order chi connectivity index (χ0) is 20.1. The molecule has 3 aliphatic rings. The number of esters is 1. The second-order valence-corrected chi connectivity index (χ2v) is 8.92. The molecule has 1 saturated carbocycles. The van der Waals surface area contributed by atoms with Crippen molar-refractivity contribution in [1.29, 1.82) is 0 Å². The SMILES string of the molecule is COC(=O)C[C@@H]1[C@H](C)C(C(C)O)[C@@H](O)[C@H]2O[C@@H]3C[C@@H](CCO)C(C)=C3[C@@]12C. The second kappa shape index (κ2) is 7.47. The van der Waals surface area contributed by atoms with Crippen molar-refractivity contribution in [1.82, 2.24) is 0 Å². The van der Waals surface area contributed by atoms with Crippen LogP contribution in [0.5, 0.6) is 0 Å². The average molecular weight is 382 g/mol. The van der Waals surface area contributed by atoms with Crippen LogP contribution in [0.1, 0.15) is 47.0 Å². The van der Waals surface area contributed by atoms with Gasteiger partial charge in [-0.05, 0) is 50.0 Å². The molecule has 0 bridgehead atoms. The normalized spacial score (nSPS) is 44.8. The number of methoxy groups -OCH3 is 1. The van der Waals surface area contributed by atoms with Crippen LogP contribution >= 0.6 is 0 Å². The summed E-state index contributed by atoms with van der Waals surface area (Å²) in [6, 6.07) is 0. The number of aliphatic hydroxyl groups is 3. The van der Waals surface area contributed by atoms with Gasteiger partial charge in [0.25, 0.3) is 0 Å². The van der Waals surface area contributed by atoms with Crippen molar-refractivity contribution < 1.29 is 29.6 Å². The van der Waals surface area contributed by atoms with Gasteiger partial charge in [-0.1, -0.05) is 19.4 Å². The Hall–Kier alpha value is -0.950. The molecule has 154 valence electrons. The first kappa shape index (κ1) is 20.8. The third kappa shape index (κ3) is 3.05. The molecule has 1 saturated heterocycles. The summed E-state index contributed by atoms with van der Waals surface area (Å²) in [6.45, 7) is 8.04. The van der Waals surface area contributed by atoms with Gasteiger partial charge in [0.2, 0.25) is 0 Å². The van der Waals surface area contributed by atoms with Gasteiger partial charge in [0.05, 0.1) is 31.5 Å². The van der Waals surface area contributed by atoms with E-state index in [1.165, 1.54) is 18.3 Å². The van der Waals surface area contributed by atoms with Gasteiger partial charge in [-0.25, -0.2) is 0 Å². The van der Waals surface area contributed by atoms with Gasteiger partial charge in [-0.2, -0.15) is 0 Å². The minimum atomic E-state index is -0.791. The number of carbonyl (C=O) groups is 1. The minimum absolute atomic E-state index is 0.0695. The summed E-state index contributed by atoms with van der Waals surface area (Å²) in [7, 11) is 1.39. The molecule has 0 aromatic rings. The molecule has 3 N–H and O–H groups in total. The molecule has 0 radical (unpaired) electrons. The topological polar surface area (TPSA) is 96.2 Å². The molecular formula is C21H34O6. The summed E-state index contributed by atoms with van der Waals surface area (Å²) in [5.74, 6) is -0.529. The van der Waals surface area contributed by atoms with Crippen LogP contribution in [0.3, 0.4) is 0 Å². The summed E-state index contributed by atoms with van der Waals surface area (Å²) in [5.41, 5.74) is 1.93. The number of ether oxygens (including phenoxy) is 2. The fraction of sp³-hybridized carbons (Fsp3) is 0.857. The number of aliphatic hydroxyl groups excluding tert-OH is 3. The summed E-state index contributed by atoms with van der Waals surface area (Å²) >= 11 is 0. The molecule has 2 aliphatic carbocycles. The molecule has 0 aromatic heterocycles. The van der Waals surface area contributed by atoms with E-state index in [2.05, 4.69) is 13.8 Å². The summed E-state index contributed by atoms with van der Waals surface area (Å²) in [6.07, 6.45) is -0.287. The Bertz CT molecular complexity index is 614. The molecule has 2 unspecified atom stereocenters. The van der Waals surface area contributed by atoms with Crippen LogP contribution in [-0.4, -0.2) is 59.4 Å². The monoisotopic (exact) mass is 382 g/mol. The predicted molar refractivity (Wildman–Crippen MR) is 99.7 cm³/mol. The Balaban J connectivity index is 2.08. The highest BCUT2D eigenvalue weighted by molar-refractivity contribution is 5.70. The lowest BCUT2D eigenvalue weighted by Crippen LogP contribution is -2.59. The predicted octanol–water partition coefficient (Wildman–Crippen LogP) is 1.67. The number of fused-ring (bicyclic) bond motifs is 3. The lowest BCUT2D eigenvalue weighted by Gasteiger charge is -2.53. The first-order chi connectivity index (χ1) is 12.7. The van der Waals surface area contributed by atoms with Crippen LogP contribution in [0.15, 0.2) is 11.1 Å². The van der Waals surface area contributed by atoms with Gasteiger partial charge >= 0.3 is 5.97 Å². The molecule has 1 aliphatic heterocycles. The molecule has 0 aromatic carbocycles. The number of allylic oxidation sites excluding steroid dienone is 1. The van der Waals surface area contributed by atoms with Gasteiger partial charge in [0.1, 0.15) is 0 Å². The highest BCUT2D eigenvalue weighted by atomic mass is 16.5. The second-order valence-electron chi connectivity index (χ2n) is 8.92. The molecule has 9 atom stereocenters.